The van der Waals surface area contributed by atoms with Crippen LogP contribution in [0.5, 0.6) is 11.5 Å². The second-order valence-corrected chi connectivity index (χ2v) is 11.2. The van der Waals surface area contributed by atoms with Crippen LogP contribution < -0.4 is 15.0 Å². The predicted molar refractivity (Wildman–Crippen MR) is 160 cm³/mol. The minimum Gasteiger partial charge on any atom is -0.457 e. The van der Waals surface area contributed by atoms with E-state index >= 15 is 0 Å². The molecule has 0 radical (unpaired) electrons. The van der Waals surface area contributed by atoms with Crippen LogP contribution in [-0.2, 0) is 11.2 Å². The van der Waals surface area contributed by atoms with Gasteiger partial charge in [-0.1, -0.05) is 36.1 Å². The summed E-state index contributed by atoms with van der Waals surface area (Å²) in [5.74, 6) is 7.39. The van der Waals surface area contributed by atoms with Crippen molar-refractivity contribution in [2.45, 2.75) is 38.3 Å². The Morgan fingerprint density at radius 2 is 1.76 bits per heavy atom. The molecule has 41 heavy (non-hydrogen) atoms. The first-order valence-corrected chi connectivity index (χ1v) is 14.1. The highest BCUT2D eigenvalue weighted by atomic mass is 16.5. The zero-order valence-corrected chi connectivity index (χ0v) is 24.2. The SMILES string of the molecule is CN1CCN(C(C)(C)C#Cc2ccc3c(c2)N(C)C(=O)C(NC(=O)c2cc(Oc4ccccc4)ccn2)CC3)CC1. The summed E-state index contributed by atoms with van der Waals surface area (Å²) in [4.78, 5) is 37.2. The number of piperazine rings is 1. The smallest absolute Gasteiger partial charge is 0.270 e. The van der Waals surface area contributed by atoms with Crippen LogP contribution in [0, 0.1) is 11.8 Å². The Kier molecular flexibility index (Phi) is 8.39. The van der Waals surface area contributed by atoms with Crippen LogP contribution in [-0.4, -0.2) is 78.5 Å². The van der Waals surface area contributed by atoms with Crippen molar-refractivity contribution in [1.29, 1.82) is 0 Å². The molecule has 0 bridgehead atoms. The molecular formula is C33H37N5O3. The van der Waals surface area contributed by atoms with E-state index in [1.54, 1.807) is 24.1 Å². The van der Waals surface area contributed by atoms with E-state index in [1.807, 2.05) is 48.5 Å². The number of likely N-dealkylation sites (N-methyl/N-ethyl adjacent to an activating group) is 2. The molecule has 212 valence electrons. The van der Waals surface area contributed by atoms with E-state index in [-0.39, 0.29) is 17.1 Å². The third-order valence-corrected chi connectivity index (χ3v) is 7.83. The number of aromatic nitrogens is 1. The van der Waals surface area contributed by atoms with Gasteiger partial charge in [-0.05, 0) is 69.6 Å². The number of para-hydroxylation sites is 1. The first-order valence-electron chi connectivity index (χ1n) is 14.1. The number of nitrogens with zero attached hydrogens (tertiary/aromatic N) is 4. The molecule has 2 aliphatic heterocycles. The number of benzene rings is 2. The summed E-state index contributed by atoms with van der Waals surface area (Å²) in [6.45, 7) is 8.39. The topological polar surface area (TPSA) is 78.0 Å². The maximum Gasteiger partial charge on any atom is 0.270 e. The number of hydrogen-bond donors (Lipinski definition) is 1. The van der Waals surface area contributed by atoms with Gasteiger partial charge in [0.05, 0.1) is 5.54 Å². The highest BCUT2D eigenvalue weighted by Crippen LogP contribution is 2.28. The lowest BCUT2D eigenvalue weighted by molar-refractivity contribution is -0.120. The van der Waals surface area contributed by atoms with Crippen LogP contribution in [0.25, 0.3) is 0 Å². The van der Waals surface area contributed by atoms with Gasteiger partial charge in [0, 0.05) is 56.7 Å². The van der Waals surface area contributed by atoms with Crippen molar-refractivity contribution in [3.05, 3.63) is 83.7 Å². The number of rotatable bonds is 5. The normalized spacial score (nSPS) is 18.1. The largest absolute Gasteiger partial charge is 0.457 e. The molecule has 8 nitrogen and oxygen atoms in total. The molecule has 0 aliphatic carbocycles. The minimum absolute atomic E-state index is 0.170. The number of aryl methyl sites for hydroxylation is 1. The fourth-order valence-electron chi connectivity index (χ4n) is 5.20. The fraction of sp³-hybridized carbons (Fsp3) is 0.364. The van der Waals surface area contributed by atoms with Gasteiger partial charge in [-0.25, -0.2) is 0 Å². The molecule has 3 aromatic rings. The van der Waals surface area contributed by atoms with Crippen molar-refractivity contribution >= 4 is 17.5 Å². The Morgan fingerprint density at radius 1 is 1.00 bits per heavy atom. The van der Waals surface area contributed by atoms with Crippen molar-refractivity contribution in [3.8, 4) is 23.3 Å². The fourth-order valence-corrected chi connectivity index (χ4v) is 5.20. The molecule has 5 rings (SSSR count). The van der Waals surface area contributed by atoms with Crippen LogP contribution in [0.15, 0.2) is 66.9 Å². The quantitative estimate of drug-likeness (QED) is 0.484. The van der Waals surface area contributed by atoms with Gasteiger partial charge in [-0.2, -0.15) is 0 Å². The summed E-state index contributed by atoms with van der Waals surface area (Å²) in [5.41, 5.74) is 2.69. The van der Waals surface area contributed by atoms with Crippen LogP contribution in [0.4, 0.5) is 5.69 Å². The van der Waals surface area contributed by atoms with Gasteiger partial charge < -0.3 is 19.9 Å². The summed E-state index contributed by atoms with van der Waals surface area (Å²) >= 11 is 0. The first-order chi connectivity index (χ1) is 19.7. The molecule has 2 aliphatic rings. The van der Waals surface area contributed by atoms with Gasteiger partial charge in [0.15, 0.2) is 0 Å². The molecule has 1 unspecified atom stereocenters. The molecule has 1 aromatic heterocycles. The van der Waals surface area contributed by atoms with Crippen molar-refractivity contribution in [3.63, 3.8) is 0 Å². The molecule has 2 amide bonds. The van der Waals surface area contributed by atoms with Crippen LogP contribution in [0.3, 0.4) is 0 Å². The number of anilines is 1. The zero-order valence-electron chi connectivity index (χ0n) is 24.2. The standard InChI is InChI=1S/C33H37N5O3/c1-33(2,38-20-18-36(3)19-21-38)16-14-24-10-11-25-12-13-28(32(40)37(4)30(25)22-24)35-31(39)29-23-27(15-17-34-29)41-26-8-6-5-7-9-26/h5-11,15,17,22-23,28H,12-13,18-21H2,1-4H3,(H,35,39). The Balaban J connectivity index is 1.27. The summed E-state index contributed by atoms with van der Waals surface area (Å²) in [6, 6.07) is 18.0. The van der Waals surface area contributed by atoms with E-state index < -0.39 is 11.9 Å². The lowest BCUT2D eigenvalue weighted by atomic mass is 10.0. The summed E-state index contributed by atoms with van der Waals surface area (Å²) in [7, 11) is 3.90. The second kappa shape index (κ2) is 12.1. The molecule has 3 heterocycles. The maximum absolute atomic E-state index is 13.5. The molecule has 1 atom stereocenters. The number of carbonyl (C=O) groups excluding carboxylic acids is 2. The van der Waals surface area contributed by atoms with Gasteiger partial charge in [0.2, 0.25) is 5.91 Å². The third-order valence-electron chi connectivity index (χ3n) is 7.83. The first kappa shape index (κ1) is 28.3. The average molecular weight is 552 g/mol. The molecule has 8 heteroatoms. The zero-order chi connectivity index (χ0) is 29.0. The van der Waals surface area contributed by atoms with E-state index in [4.69, 9.17) is 4.74 Å². The van der Waals surface area contributed by atoms with Crippen LogP contribution in [0.2, 0.25) is 0 Å². The van der Waals surface area contributed by atoms with E-state index in [0.717, 1.165) is 43.0 Å². The second-order valence-electron chi connectivity index (χ2n) is 11.2. The number of hydrogen-bond acceptors (Lipinski definition) is 6. The summed E-state index contributed by atoms with van der Waals surface area (Å²) in [6.07, 6.45) is 2.67. The highest BCUT2D eigenvalue weighted by Gasteiger charge is 2.30. The summed E-state index contributed by atoms with van der Waals surface area (Å²) < 4.78 is 5.84. The molecule has 0 spiro atoms. The van der Waals surface area contributed by atoms with Crippen molar-refractivity contribution in [2.24, 2.45) is 0 Å². The van der Waals surface area contributed by atoms with Gasteiger partial charge in [-0.15, -0.1) is 0 Å². The molecule has 0 saturated carbocycles. The molecule has 1 N–H and O–H groups in total. The maximum atomic E-state index is 13.5. The van der Waals surface area contributed by atoms with E-state index in [2.05, 4.69) is 52.8 Å². The van der Waals surface area contributed by atoms with Crippen LogP contribution >= 0.6 is 0 Å². The monoisotopic (exact) mass is 551 g/mol. The number of pyridine rings is 1. The van der Waals surface area contributed by atoms with Gasteiger partial charge in [0.1, 0.15) is 23.2 Å². The Morgan fingerprint density at radius 3 is 2.51 bits per heavy atom. The van der Waals surface area contributed by atoms with Crippen molar-refractivity contribution in [1.82, 2.24) is 20.1 Å². The van der Waals surface area contributed by atoms with Gasteiger partial charge >= 0.3 is 0 Å². The number of fused-ring (bicyclic) bond motifs is 1. The number of nitrogens with one attached hydrogen (secondary N) is 1. The molecule has 2 aromatic carbocycles. The Labute approximate surface area is 242 Å². The number of amides is 2. The third kappa shape index (κ3) is 6.76. The van der Waals surface area contributed by atoms with Crippen LogP contribution in [0.1, 0.15) is 41.9 Å². The van der Waals surface area contributed by atoms with E-state index in [9.17, 15) is 9.59 Å². The predicted octanol–water partition coefficient (Wildman–Crippen LogP) is 3.96. The molecular weight excluding hydrogens is 514 g/mol. The summed E-state index contributed by atoms with van der Waals surface area (Å²) in [5, 5.41) is 2.90. The number of ether oxygens (including phenoxy) is 1. The molecule has 1 saturated heterocycles. The van der Waals surface area contributed by atoms with E-state index in [0.29, 0.717) is 24.3 Å². The van der Waals surface area contributed by atoms with Crippen molar-refractivity contribution < 1.29 is 14.3 Å². The average Bonchev–Trinajstić information content (AvgIpc) is 3.09. The highest BCUT2D eigenvalue weighted by molar-refractivity contribution is 6.02. The van der Waals surface area contributed by atoms with Crippen molar-refractivity contribution in [2.75, 3.05) is 45.2 Å². The lowest BCUT2D eigenvalue weighted by Crippen LogP contribution is -2.53. The van der Waals surface area contributed by atoms with Gasteiger partial charge in [-0.3, -0.25) is 19.5 Å². The Bertz CT molecular complexity index is 1470. The van der Waals surface area contributed by atoms with E-state index in [1.165, 1.54) is 6.20 Å². The Hall–Kier alpha value is -4.19. The lowest BCUT2D eigenvalue weighted by Gasteiger charge is -2.40. The molecule has 1 fully saturated rings. The minimum atomic E-state index is -0.675. The van der Waals surface area contributed by atoms with Gasteiger partial charge in [0.25, 0.3) is 5.91 Å². The number of carbonyl (C=O) groups is 2.